The quantitative estimate of drug-likeness (QED) is 0.636. The highest BCUT2D eigenvalue weighted by Crippen LogP contribution is 2.29. The number of hydrogen-bond donors (Lipinski definition) is 1. The fourth-order valence-corrected chi connectivity index (χ4v) is 2.52. The van der Waals surface area contributed by atoms with Crippen molar-refractivity contribution in [1.82, 2.24) is 4.98 Å². The maximum atomic E-state index is 12.6. The molecule has 0 bridgehead atoms. The van der Waals surface area contributed by atoms with E-state index < -0.39 is 18.8 Å². The average Bonchev–Trinajstić information content (AvgIpc) is 2.08. The van der Waals surface area contributed by atoms with Crippen LogP contribution in [0.4, 0.5) is 8.78 Å². The summed E-state index contributed by atoms with van der Waals surface area (Å²) in [6.07, 6.45) is -3.17. The van der Waals surface area contributed by atoms with Crippen molar-refractivity contribution < 1.29 is 18.7 Å². The largest absolute Gasteiger partial charge is 0.481 e. The normalized spacial score (nSPS) is 10.7. The van der Waals surface area contributed by atoms with E-state index in [1.807, 2.05) is 0 Å². The Labute approximate surface area is 106 Å². The molecular weight excluding hydrogens is 387 g/mol. The number of carboxylic acids is 1. The van der Waals surface area contributed by atoms with Crippen LogP contribution in [-0.4, -0.2) is 16.1 Å². The minimum Gasteiger partial charge on any atom is -0.481 e. The molecule has 0 spiro atoms. The summed E-state index contributed by atoms with van der Waals surface area (Å²) in [7, 11) is 0. The minimum absolute atomic E-state index is 0.0258. The predicted octanol–water partition coefficient (Wildman–Crippen LogP) is 3.01. The van der Waals surface area contributed by atoms with E-state index in [-0.39, 0.29) is 15.7 Å². The Morgan fingerprint density at radius 2 is 2.27 bits per heavy atom. The first-order valence-corrected chi connectivity index (χ1v) is 5.63. The molecule has 0 aromatic carbocycles. The second-order valence-corrected chi connectivity index (χ2v) is 4.53. The first-order valence-electron chi connectivity index (χ1n) is 3.76. The van der Waals surface area contributed by atoms with E-state index in [2.05, 4.69) is 20.9 Å². The van der Waals surface area contributed by atoms with Crippen molar-refractivity contribution in [3.05, 3.63) is 25.5 Å². The highest BCUT2D eigenvalue weighted by molar-refractivity contribution is 14.1. The van der Waals surface area contributed by atoms with Crippen LogP contribution in [0.3, 0.4) is 0 Å². The molecule has 0 amide bonds. The van der Waals surface area contributed by atoms with Gasteiger partial charge in [-0.25, -0.2) is 13.8 Å². The molecule has 1 heterocycles. The third-order valence-corrected chi connectivity index (χ3v) is 2.85. The molecule has 0 aliphatic rings. The number of carboxylic acid groups (broad SMARTS) is 1. The van der Waals surface area contributed by atoms with Crippen LogP contribution in [0.15, 0.2) is 10.7 Å². The van der Waals surface area contributed by atoms with Crippen molar-refractivity contribution in [3.8, 4) is 0 Å². The molecule has 7 heteroatoms. The van der Waals surface area contributed by atoms with Crippen molar-refractivity contribution in [2.24, 2.45) is 0 Å². The smallest absolute Gasteiger partial charge is 0.307 e. The van der Waals surface area contributed by atoms with Crippen LogP contribution in [0.2, 0.25) is 0 Å². The highest BCUT2D eigenvalue weighted by Gasteiger charge is 2.19. The molecule has 0 radical (unpaired) electrons. The van der Waals surface area contributed by atoms with E-state index in [1.165, 1.54) is 6.07 Å². The number of rotatable bonds is 3. The summed E-state index contributed by atoms with van der Waals surface area (Å²) in [4.78, 5) is 14.4. The Morgan fingerprint density at radius 3 is 2.73 bits per heavy atom. The van der Waals surface area contributed by atoms with Gasteiger partial charge < -0.3 is 5.11 Å². The lowest BCUT2D eigenvalue weighted by molar-refractivity contribution is -0.136. The number of aliphatic carboxylic acids is 1. The Hall–Kier alpha value is -0.310. The van der Waals surface area contributed by atoms with Crippen molar-refractivity contribution in [2.45, 2.75) is 12.8 Å². The molecule has 0 aliphatic carbocycles. The third-order valence-electron chi connectivity index (χ3n) is 1.64. The fraction of sp³-hybridized carbons (Fsp3) is 0.250. The van der Waals surface area contributed by atoms with E-state index in [9.17, 15) is 13.6 Å². The van der Waals surface area contributed by atoms with E-state index in [0.29, 0.717) is 3.70 Å². The van der Waals surface area contributed by atoms with Crippen LogP contribution in [-0.2, 0) is 11.2 Å². The third kappa shape index (κ3) is 3.33. The highest BCUT2D eigenvalue weighted by atomic mass is 127. The van der Waals surface area contributed by atoms with Gasteiger partial charge in [0.15, 0.2) is 0 Å². The SMILES string of the molecule is O=C(O)Cc1c(C(F)F)cc(I)nc1Br. The lowest BCUT2D eigenvalue weighted by Gasteiger charge is -2.09. The Kier molecular flexibility index (Phi) is 4.38. The molecule has 0 unspecified atom stereocenters. The Morgan fingerprint density at radius 1 is 1.67 bits per heavy atom. The van der Waals surface area contributed by atoms with Gasteiger partial charge in [-0.2, -0.15) is 0 Å². The fourth-order valence-electron chi connectivity index (χ4n) is 1.05. The van der Waals surface area contributed by atoms with Gasteiger partial charge >= 0.3 is 5.97 Å². The molecule has 15 heavy (non-hydrogen) atoms. The number of nitrogens with zero attached hydrogens (tertiary/aromatic N) is 1. The molecule has 1 N–H and O–H groups in total. The van der Waals surface area contributed by atoms with Crippen molar-refractivity contribution in [2.75, 3.05) is 0 Å². The summed E-state index contributed by atoms with van der Waals surface area (Å²) in [5.41, 5.74) is -0.262. The van der Waals surface area contributed by atoms with Crippen molar-refractivity contribution in [3.63, 3.8) is 0 Å². The lowest BCUT2D eigenvalue weighted by Crippen LogP contribution is -2.07. The number of pyridine rings is 1. The Bertz CT molecular complexity index is 400. The van der Waals surface area contributed by atoms with Crippen LogP contribution in [0, 0.1) is 3.70 Å². The molecule has 1 aromatic heterocycles. The Balaban J connectivity index is 3.26. The second-order valence-electron chi connectivity index (χ2n) is 2.67. The predicted molar refractivity (Wildman–Crippen MR) is 61.0 cm³/mol. The maximum Gasteiger partial charge on any atom is 0.307 e. The summed E-state index contributed by atoms with van der Waals surface area (Å²) < 4.78 is 25.7. The second kappa shape index (κ2) is 5.15. The summed E-state index contributed by atoms with van der Waals surface area (Å²) in [5.74, 6) is -1.17. The minimum atomic E-state index is -2.70. The monoisotopic (exact) mass is 391 g/mol. The van der Waals surface area contributed by atoms with Crippen LogP contribution in [0.1, 0.15) is 17.6 Å². The number of carbonyl (C=O) groups is 1. The van der Waals surface area contributed by atoms with Gasteiger partial charge in [-0.05, 0) is 44.6 Å². The molecule has 0 saturated heterocycles. The van der Waals surface area contributed by atoms with Crippen LogP contribution < -0.4 is 0 Å². The molecule has 82 valence electrons. The van der Waals surface area contributed by atoms with Gasteiger partial charge in [0.2, 0.25) is 0 Å². The molecule has 3 nitrogen and oxygen atoms in total. The zero-order valence-corrected chi connectivity index (χ0v) is 10.9. The standard InChI is InChI=1S/C8H5BrF2INO2/c9-7-3(2-6(14)15)4(8(10)11)1-5(12)13-7/h1,8H,2H2,(H,14,15). The average molecular weight is 392 g/mol. The summed E-state index contributed by atoms with van der Waals surface area (Å²) in [5, 5.41) is 8.57. The van der Waals surface area contributed by atoms with Gasteiger partial charge in [0.1, 0.15) is 8.30 Å². The maximum absolute atomic E-state index is 12.6. The van der Waals surface area contributed by atoms with Gasteiger partial charge in [-0.15, -0.1) is 0 Å². The van der Waals surface area contributed by atoms with Crippen LogP contribution in [0.5, 0.6) is 0 Å². The summed E-state index contributed by atoms with van der Waals surface area (Å²) >= 11 is 4.78. The molecule has 1 aromatic rings. The molecule has 1 rings (SSSR count). The van der Waals surface area contributed by atoms with Crippen LogP contribution >= 0.6 is 38.5 Å². The van der Waals surface area contributed by atoms with Crippen molar-refractivity contribution in [1.29, 1.82) is 0 Å². The first-order chi connectivity index (χ1) is 6.91. The van der Waals surface area contributed by atoms with Crippen molar-refractivity contribution >= 4 is 44.5 Å². The first kappa shape index (κ1) is 12.8. The zero-order valence-electron chi connectivity index (χ0n) is 7.18. The van der Waals surface area contributed by atoms with Gasteiger partial charge in [0.05, 0.1) is 6.42 Å². The van der Waals surface area contributed by atoms with Crippen LogP contribution in [0.25, 0.3) is 0 Å². The van der Waals surface area contributed by atoms with E-state index in [0.717, 1.165) is 0 Å². The molecule has 0 fully saturated rings. The molecule has 0 aliphatic heterocycles. The lowest BCUT2D eigenvalue weighted by atomic mass is 10.1. The van der Waals surface area contributed by atoms with Gasteiger partial charge in [-0.3, -0.25) is 4.79 Å². The van der Waals surface area contributed by atoms with E-state index >= 15 is 0 Å². The number of aromatic nitrogens is 1. The van der Waals surface area contributed by atoms with E-state index in [1.54, 1.807) is 22.6 Å². The molecular formula is C8H5BrF2INO2. The number of halogens is 4. The van der Waals surface area contributed by atoms with Gasteiger partial charge in [0.25, 0.3) is 6.43 Å². The van der Waals surface area contributed by atoms with Gasteiger partial charge in [-0.1, -0.05) is 0 Å². The van der Waals surface area contributed by atoms with E-state index in [4.69, 9.17) is 5.11 Å². The molecule has 0 saturated carbocycles. The number of alkyl halides is 2. The summed E-state index contributed by atoms with van der Waals surface area (Å²) in [6, 6.07) is 1.19. The number of hydrogen-bond acceptors (Lipinski definition) is 2. The van der Waals surface area contributed by atoms with Gasteiger partial charge in [0, 0.05) is 11.1 Å². The molecule has 0 atom stereocenters. The zero-order chi connectivity index (χ0) is 11.6. The topological polar surface area (TPSA) is 50.2 Å². The summed E-state index contributed by atoms with van der Waals surface area (Å²) in [6.45, 7) is 0.